The Morgan fingerprint density at radius 3 is 2.83 bits per heavy atom. The monoisotopic (exact) mass is 381 g/mol. The summed E-state index contributed by atoms with van der Waals surface area (Å²) in [5.74, 6) is 0.203. The van der Waals surface area contributed by atoms with E-state index in [2.05, 4.69) is 15.8 Å². The summed E-state index contributed by atoms with van der Waals surface area (Å²) in [7, 11) is 0. The van der Waals surface area contributed by atoms with Crippen molar-refractivity contribution in [3.8, 4) is 0 Å². The van der Waals surface area contributed by atoms with Crippen molar-refractivity contribution in [1.82, 2.24) is 10.4 Å². The summed E-state index contributed by atoms with van der Waals surface area (Å²) in [5, 5.41) is 1.26. The Kier molecular flexibility index (Phi) is 5.55. The highest BCUT2D eigenvalue weighted by Gasteiger charge is 2.06. The Balaban J connectivity index is 1.45. The molecule has 3 aromatic rings. The van der Waals surface area contributed by atoms with E-state index in [1.54, 1.807) is 18.2 Å². The zero-order chi connectivity index (χ0) is 16.9. The molecule has 1 aromatic heterocycles. The van der Waals surface area contributed by atoms with Gasteiger partial charge < -0.3 is 0 Å². The number of aromatic nitrogens is 1. The van der Waals surface area contributed by atoms with Crippen LogP contribution in [0.4, 0.5) is 9.52 Å². The highest BCUT2D eigenvalue weighted by atomic mass is 35.5. The van der Waals surface area contributed by atoms with Crippen molar-refractivity contribution in [2.45, 2.75) is 11.3 Å². The molecule has 1 amide bonds. The Labute approximate surface area is 151 Å². The molecule has 0 aliphatic heterocycles. The smallest absolute Gasteiger partial charge is 0.239 e. The van der Waals surface area contributed by atoms with Gasteiger partial charge in [-0.2, -0.15) is 0 Å². The quantitative estimate of drug-likeness (QED) is 0.479. The summed E-state index contributed by atoms with van der Waals surface area (Å²) in [4.78, 5) is 17.1. The average molecular weight is 382 g/mol. The first-order valence-corrected chi connectivity index (χ1v) is 9.27. The second-order valence-electron chi connectivity index (χ2n) is 4.86. The molecule has 0 aliphatic carbocycles. The van der Waals surface area contributed by atoms with Crippen molar-refractivity contribution in [3.63, 3.8) is 0 Å². The van der Waals surface area contributed by atoms with Gasteiger partial charge in [0.1, 0.15) is 5.82 Å². The van der Waals surface area contributed by atoms with Crippen LogP contribution in [0.5, 0.6) is 0 Å². The standard InChI is InChI=1S/C16H13ClFN3OS2/c17-10-1-6-13-14(9-10)24-16(19-13)21-20-15(22)7-8-23-12-4-2-11(18)3-5-12/h1-6,9H,7-8H2,(H,19,21)(H,20,22). The Morgan fingerprint density at radius 1 is 1.25 bits per heavy atom. The number of hydrogen-bond acceptors (Lipinski definition) is 5. The van der Waals surface area contributed by atoms with Crippen LogP contribution in [0, 0.1) is 5.82 Å². The summed E-state index contributed by atoms with van der Waals surface area (Å²) in [6.45, 7) is 0. The lowest BCUT2D eigenvalue weighted by molar-refractivity contribution is -0.120. The van der Waals surface area contributed by atoms with Gasteiger partial charge in [-0.1, -0.05) is 22.9 Å². The van der Waals surface area contributed by atoms with E-state index in [4.69, 9.17) is 11.6 Å². The zero-order valence-corrected chi connectivity index (χ0v) is 14.8. The number of nitrogens with zero attached hydrogens (tertiary/aromatic N) is 1. The van der Waals surface area contributed by atoms with E-state index >= 15 is 0 Å². The van der Waals surface area contributed by atoms with Gasteiger partial charge in [0, 0.05) is 22.1 Å². The fraction of sp³-hybridized carbons (Fsp3) is 0.125. The molecular weight excluding hydrogens is 369 g/mol. The molecule has 0 radical (unpaired) electrons. The topological polar surface area (TPSA) is 54.0 Å². The van der Waals surface area contributed by atoms with Gasteiger partial charge in [0.05, 0.1) is 10.2 Å². The lowest BCUT2D eigenvalue weighted by atomic mass is 10.3. The molecule has 2 N–H and O–H groups in total. The fourth-order valence-corrected chi connectivity index (χ4v) is 3.88. The lowest BCUT2D eigenvalue weighted by Gasteiger charge is -2.05. The first-order valence-electron chi connectivity index (χ1n) is 7.09. The van der Waals surface area contributed by atoms with Gasteiger partial charge in [-0.15, -0.1) is 11.8 Å². The summed E-state index contributed by atoms with van der Waals surface area (Å²) in [6.07, 6.45) is 0.339. The number of carbonyl (C=O) groups is 1. The third kappa shape index (κ3) is 4.59. The van der Waals surface area contributed by atoms with Crippen LogP contribution < -0.4 is 10.9 Å². The van der Waals surface area contributed by atoms with Crippen molar-refractivity contribution >= 4 is 56.0 Å². The number of carbonyl (C=O) groups excluding carboxylic acids is 1. The van der Waals surface area contributed by atoms with Crippen LogP contribution in [-0.4, -0.2) is 16.6 Å². The Morgan fingerprint density at radius 2 is 2.04 bits per heavy atom. The number of fused-ring (bicyclic) bond motifs is 1. The predicted octanol–water partition coefficient (Wildman–Crippen LogP) is 4.71. The van der Waals surface area contributed by atoms with Crippen LogP contribution in [0.25, 0.3) is 10.2 Å². The average Bonchev–Trinajstić information content (AvgIpc) is 2.97. The number of nitrogens with one attached hydrogen (secondary N) is 2. The van der Waals surface area contributed by atoms with Crippen LogP contribution >= 0.6 is 34.7 Å². The largest absolute Gasteiger partial charge is 0.273 e. The van der Waals surface area contributed by atoms with E-state index in [1.807, 2.05) is 12.1 Å². The molecule has 0 unspecified atom stereocenters. The molecule has 4 nitrogen and oxygen atoms in total. The van der Waals surface area contributed by atoms with E-state index in [9.17, 15) is 9.18 Å². The normalized spacial score (nSPS) is 10.8. The number of halogens is 2. The van der Waals surface area contributed by atoms with Crippen LogP contribution in [0.15, 0.2) is 47.4 Å². The van der Waals surface area contributed by atoms with E-state index < -0.39 is 0 Å². The van der Waals surface area contributed by atoms with Gasteiger partial charge in [0.2, 0.25) is 11.0 Å². The van der Waals surface area contributed by atoms with Gasteiger partial charge in [-0.25, -0.2) is 9.37 Å². The predicted molar refractivity (Wildman–Crippen MR) is 98.1 cm³/mol. The maximum absolute atomic E-state index is 12.8. The first kappa shape index (κ1) is 17.0. The third-order valence-electron chi connectivity index (χ3n) is 3.07. The molecule has 0 atom stereocenters. The summed E-state index contributed by atoms with van der Waals surface area (Å²) in [6, 6.07) is 11.7. The Hall–Kier alpha value is -1.83. The van der Waals surface area contributed by atoms with Gasteiger partial charge in [-0.3, -0.25) is 15.6 Å². The van der Waals surface area contributed by atoms with Crippen molar-refractivity contribution in [1.29, 1.82) is 0 Å². The SMILES string of the molecule is O=C(CCSc1ccc(F)cc1)NNc1nc2ccc(Cl)cc2s1. The van der Waals surface area contributed by atoms with Crippen LogP contribution in [0.1, 0.15) is 6.42 Å². The number of thioether (sulfide) groups is 1. The molecule has 3 rings (SSSR count). The first-order chi connectivity index (χ1) is 11.6. The highest BCUT2D eigenvalue weighted by Crippen LogP contribution is 2.27. The summed E-state index contributed by atoms with van der Waals surface area (Å²) < 4.78 is 13.8. The minimum Gasteiger partial charge on any atom is -0.273 e. The molecule has 0 fully saturated rings. The highest BCUT2D eigenvalue weighted by molar-refractivity contribution is 7.99. The van der Waals surface area contributed by atoms with Crippen molar-refractivity contribution in [2.24, 2.45) is 0 Å². The molecule has 0 saturated carbocycles. The molecule has 1 heterocycles. The number of thiazole rings is 1. The van der Waals surface area contributed by atoms with Gasteiger partial charge in [0.25, 0.3) is 0 Å². The van der Waals surface area contributed by atoms with E-state index in [0.717, 1.165) is 15.1 Å². The van der Waals surface area contributed by atoms with Crippen molar-refractivity contribution in [3.05, 3.63) is 53.3 Å². The van der Waals surface area contributed by atoms with Crippen molar-refractivity contribution in [2.75, 3.05) is 11.2 Å². The molecule has 0 spiro atoms. The lowest BCUT2D eigenvalue weighted by Crippen LogP contribution is -2.29. The number of hydrazine groups is 1. The van der Waals surface area contributed by atoms with Crippen molar-refractivity contribution < 1.29 is 9.18 Å². The zero-order valence-electron chi connectivity index (χ0n) is 12.4. The molecule has 8 heteroatoms. The minimum absolute atomic E-state index is 0.137. The number of amides is 1. The molecular formula is C16H13ClFN3OS2. The number of rotatable bonds is 6. The molecule has 124 valence electrons. The van der Waals surface area contributed by atoms with Gasteiger partial charge >= 0.3 is 0 Å². The van der Waals surface area contributed by atoms with Crippen LogP contribution in [-0.2, 0) is 4.79 Å². The summed E-state index contributed by atoms with van der Waals surface area (Å²) in [5.41, 5.74) is 6.26. The van der Waals surface area contributed by atoms with E-state index in [-0.39, 0.29) is 11.7 Å². The fourth-order valence-electron chi connectivity index (χ4n) is 1.93. The minimum atomic E-state index is -0.265. The molecule has 2 aromatic carbocycles. The van der Waals surface area contributed by atoms with Crippen LogP contribution in [0.3, 0.4) is 0 Å². The van der Waals surface area contributed by atoms with Crippen LogP contribution in [0.2, 0.25) is 5.02 Å². The maximum Gasteiger partial charge on any atom is 0.239 e. The number of benzene rings is 2. The van der Waals surface area contributed by atoms with E-state index in [1.165, 1.54) is 35.2 Å². The molecule has 0 aliphatic rings. The van der Waals surface area contributed by atoms with Gasteiger partial charge in [-0.05, 0) is 42.5 Å². The third-order valence-corrected chi connectivity index (χ3v) is 5.25. The number of hydrogen-bond donors (Lipinski definition) is 2. The second-order valence-corrected chi connectivity index (χ2v) is 7.49. The molecule has 0 saturated heterocycles. The number of anilines is 1. The molecule has 0 bridgehead atoms. The van der Waals surface area contributed by atoms with E-state index in [0.29, 0.717) is 22.3 Å². The maximum atomic E-state index is 12.8. The summed E-state index contributed by atoms with van der Waals surface area (Å²) >= 11 is 8.85. The Bertz CT molecular complexity index is 854. The second kappa shape index (κ2) is 7.83. The molecule has 24 heavy (non-hydrogen) atoms. The van der Waals surface area contributed by atoms with Gasteiger partial charge in [0.15, 0.2) is 0 Å².